The predicted molar refractivity (Wildman–Crippen MR) is 87.9 cm³/mol. The quantitative estimate of drug-likeness (QED) is 0.864. The van der Waals surface area contributed by atoms with Gasteiger partial charge in [-0.25, -0.2) is 0 Å². The third-order valence-electron chi connectivity index (χ3n) is 3.54. The minimum atomic E-state index is -0.559. The first-order valence-corrected chi connectivity index (χ1v) is 7.82. The van der Waals surface area contributed by atoms with Gasteiger partial charge in [-0.05, 0) is 44.4 Å². The van der Waals surface area contributed by atoms with Crippen LogP contribution in [0.15, 0.2) is 18.2 Å². The number of piperidine rings is 1. The molecule has 0 aromatic heterocycles. The molecule has 0 radical (unpaired) electrons. The van der Waals surface area contributed by atoms with E-state index >= 15 is 0 Å². The fraction of sp³-hybridized carbons (Fsp3) is 0.467. The number of hydrogen-bond donors (Lipinski definition) is 1. The van der Waals surface area contributed by atoms with E-state index in [1.54, 1.807) is 25.1 Å². The zero-order valence-corrected chi connectivity index (χ0v) is 13.5. The van der Waals surface area contributed by atoms with Crippen molar-refractivity contribution in [1.29, 1.82) is 0 Å². The molecule has 21 heavy (non-hydrogen) atoms. The Kier molecular flexibility index (Phi) is 5.42. The summed E-state index contributed by atoms with van der Waals surface area (Å²) in [5.41, 5.74) is 6.23. The van der Waals surface area contributed by atoms with Gasteiger partial charge in [-0.1, -0.05) is 23.8 Å². The number of ether oxygens (including phenoxy) is 1. The molecular weight excluding hydrogens is 308 g/mol. The second-order valence-corrected chi connectivity index (χ2v) is 6.00. The summed E-state index contributed by atoms with van der Waals surface area (Å²) in [6.45, 7) is 3.36. The van der Waals surface area contributed by atoms with E-state index in [1.165, 1.54) is 6.42 Å². The second kappa shape index (κ2) is 7.09. The lowest BCUT2D eigenvalue weighted by atomic mass is 10.1. The summed E-state index contributed by atoms with van der Waals surface area (Å²) >= 11 is 11.0. The van der Waals surface area contributed by atoms with Crippen LogP contribution in [0.4, 0.5) is 0 Å². The average molecular weight is 327 g/mol. The SMILES string of the molecule is CC(Oc1ccc(C(N)=S)cc1Cl)C(=O)N1CCCCC1. The lowest BCUT2D eigenvalue weighted by Crippen LogP contribution is -2.43. The Morgan fingerprint density at radius 2 is 2.05 bits per heavy atom. The van der Waals surface area contributed by atoms with Crippen molar-refractivity contribution >= 4 is 34.7 Å². The smallest absolute Gasteiger partial charge is 0.263 e. The number of thiocarbonyl (C=S) groups is 1. The van der Waals surface area contributed by atoms with Crippen molar-refractivity contribution in [1.82, 2.24) is 4.90 Å². The molecule has 1 unspecified atom stereocenters. The molecule has 1 aliphatic heterocycles. The van der Waals surface area contributed by atoms with E-state index in [0.717, 1.165) is 25.9 Å². The Balaban J connectivity index is 2.03. The molecule has 2 N–H and O–H groups in total. The molecule has 1 aromatic carbocycles. The van der Waals surface area contributed by atoms with Crippen LogP contribution >= 0.6 is 23.8 Å². The molecule has 0 aliphatic carbocycles. The highest BCUT2D eigenvalue weighted by atomic mass is 35.5. The van der Waals surface area contributed by atoms with E-state index in [0.29, 0.717) is 16.3 Å². The second-order valence-electron chi connectivity index (χ2n) is 5.16. The number of rotatable bonds is 4. The molecule has 1 aliphatic rings. The van der Waals surface area contributed by atoms with E-state index < -0.39 is 6.10 Å². The van der Waals surface area contributed by atoms with Crippen LogP contribution in [0.5, 0.6) is 5.75 Å². The Bertz CT molecular complexity index is 544. The largest absolute Gasteiger partial charge is 0.479 e. The molecule has 4 nitrogen and oxygen atoms in total. The first-order chi connectivity index (χ1) is 9.99. The van der Waals surface area contributed by atoms with Crippen molar-refractivity contribution < 1.29 is 9.53 Å². The molecule has 6 heteroatoms. The van der Waals surface area contributed by atoms with Gasteiger partial charge in [0, 0.05) is 18.7 Å². The molecule has 0 bridgehead atoms. The van der Waals surface area contributed by atoms with Crippen LogP contribution in [-0.4, -0.2) is 35.0 Å². The highest BCUT2D eigenvalue weighted by molar-refractivity contribution is 7.80. The monoisotopic (exact) mass is 326 g/mol. The van der Waals surface area contributed by atoms with Crippen molar-refractivity contribution in [3.05, 3.63) is 28.8 Å². The van der Waals surface area contributed by atoms with Crippen molar-refractivity contribution in [2.24, 2.45) is 5.73 Å². The average Bonchev–Trinajstić information content (AvgIpc) is 2.49. The Hall–Kier alpha value is -1.33. The maximum absolute atomic E-state index is 12.3. The van der Waals surface area contributed by atoms with Gasteiger partial charge >= 0.3 is 0 Å². The number of carbonyl (C=O) groups is 1. The van der Waals surface area contributed by atoms with E-state index in [-0.39, 0.29) is 10.9 Å². The summed E-state index contributed by atoms with van der Waals surface area (Å²) in [7, 11) is 0. The van der Waals surface area contributed by atoms with Gasteiger partial charge in [0.2, 0.25) is 0 Å². The summed E-state index contributed by atoms with van der Waals surface area (Å²) in [6, 6.07) is 5.08. The number of amides is 1. The van der Waals surface area contributed by atoms with Crippen LogP contribution in [-0.2, 0) is 4.79 Å². The lowest BCUT2D eigenvalue weighted by molar-refractivity contribution is -0.138. The fourth-order valence-electron chi connectivity index (χ4n) is 2.36. The first-order valence-electron chi connectivity index (χ1n) is 7.04. The molecule has 1 amide bonds. The molecule has 0 spiro atoms. The summed E-state index contributed by atoms with van der Waals surface area (Å²) in [6.07, 6.45) is 2.74. The van der Waals surface area contributed by atoms with Gasteiger partial charge in [0.15, 0.2) is 6.10 Å². The number of nitrogens with two attached hydrogens (primary N) is 1. The maximum atomic E-state index is 12.3. The minimum absolute atomic E-state index is 0.00388. The van der Waals surface area contributed by atoms with Crippen molar-refractivity contribution in [3.8, 4) is 5.75 Å². The third-order valence-corrected chi connectivity index (χ3v) is 4.07. The van der Waals surface area contributed by atoms with Crippen LogP contribution in [0.1, 0.15) is 31.7 Å². The normalized spacial score (nSPS) is 16.4. The molecule has 1 aromatic rings. The van der Waals surface area contributed by atoms with Gasteiger partial charge < -0.3 is 15.4 Å². The van der Waals surface area contributed by atoms with Crippen LogP contribution in [0.2, 0.25) is 5.02 Å². The third kappa shape index (κ3) is 4.08. The first kappa shape index (κ1) is 16.0. The minimum Gasteiger partial charge on any atom is -0.479 e. The Morgan fingerprint density at radius 3 is 2.62 bits per heavy atom. The number of benzene rings is 1. The summed E-state index contributed by atoms with van der Waals surface area (Å²) in [5.74, 6) is 0.471. The van der Waals surface area contributed by atoms with Gasteiger partial charge in [-0.2, -0.15) is 0 Å². The molecule has 1 saturated heterocycles. The van der Waals surface area contributed by atoms with Crippen LogP contribution in [0.25, 0.3) is 0 Å². The molecule has 2 rings (SSSR count). The number of likely N-dealkylation sites (tertiary alicyclic amines) is 1. The molecule has 0 saturated carbocycles. The highest BCUT2D eigenvalue weighted by Gasteiger charge is 2.24. The highest BCUT2D eigenvalue weighted by Crippen LogP contribution is 2.27. The number of carbonyl (C=O) groups excluding carboxylic acids is 1. The molecule has 114 valence electrons. The predicted octanol–water partition coefficient (Wildman–Crippen LogP) is 2.75. The van der Waals surface area contributed by atoms with E-state index in [4.69, 9.17) is 34.3 Å². The molecule has 1 atom stereocenters. The van der Waals surface area contributed by atoms with Gasteiger partial charge in [0.05, 0.1) is 5.02 Å². The number of hydrogen-bond acceptors (Lipinski definition) is 3. The number of halogens is 1. The molecular formula is C15H19ClN2O2S. The van der Waals surface area contributed by atoms with Crippen molar-refractivity contribution in [2.45, 2.75) is 32.3 Å². The summed E-state index contributed by atoms with van der Waals surface area (Å²) in [5, 5.41) is 0.401. The van der Waals surface area contributed by atoms with Gasteiger partial charge in [0.25, 0.3) is 5.91 Å². The van der Waals surface area contributed by atoms with Gasteiger partial charge in [-0.3, -0.25) is 4.79 Å². The van der Waals surface area contributed by atoms with Crippen molar-refractivity contribution in [3.63, 3.8) is 0 Å². The zero-order chi connectivity index (χ0) is 15.4. The molecule has 1 fully saturated rings. The Labute approximate surface area is 135 Å². The van der Waals surface area contributed by atoms with E-state index in [2.05, 4.69) is 0 Å². The van der Waals surface area contributed by atoms with Crippen molar-refractivity contribution in [2.75, 3.05) is 13.1 Å². The number of nitrogens with zero attached hydrogens (tertiary/aromatic N) is 1. The van der Waals surface area contributed by atoms with Crippen LogP contribution in [0.3, 0.4) is 0 Å². The fourth-order valence-corrected chi connectivity index (χ4v) is 2.71. The van der Waals surface area contributed by atoms with E-state index in [1.807, 2.05) is 4.90 Å². The van der Waals surface area contributed by atoms with Gasteiger partial charge in [0.1, 0.15) is 10.7 Å². The summed E-state index contributed by atoms with van der Waals surface area (Å²) in [4.78, 5) is 14.4. The zero-order valence-electron chi connectivity index (χ0n) is 12.0. The standard InChI is InChI=1S/C15H19ClN2O2S/c1-10(15(19)18-7-3-2-4-8-18)20-13-6-5-11(14(17)21)9-12(13)16/h5-6,9-10H,2-4,7-8H2,1H3,(H2,17,21). The topological polar surface area (TPSA) is 55.6 Å². The van der Waals surface area contributed by atoms with Gasteiger partial charge in [-0.15, -0.1) is 0 Å². The van der Waals surface area contributed by atoms with Crippen LogP contribution in [0, 0.1) is 0 Å². The Morgan fingerprint density at radius 1 is 1.38 bits per heavy atom. The van der Waals surface area contributed by atoms with E-state index in [9.17, 15) is 4.79 Å². The summed E-state index contributed by atoms with van der Waals surface area (Å²) < 4.78 is 5.69. The van der Waals surface area contributed by atoms with Crippen LogP contribution < -0.4 is 10.5 Å². The molecule has 1 heterocycles. The maximum Gasteiger partial charge on any atom is 0.263 e. The lowest BCUT2D eigenvalue weighted by Gasteiger charge is -2.29.